The van der Waals surface area contributed by atoms with E-state index in [9.17, 15) is 0 Å². The summed E-state index contributed by atoms with van der Waals surface area (Å²) in [6, 6.07) is 29.7. The van der Waals surface area contributed by atoms with Gasteiger partial charge in [0.05, 0.1) is 0 Å². The van der Waals surface area contributed by atoms with Crippen LogP contribution < -0.4 is 0 Å². The van der Waals surface area contributed by atoms with Crippen molar-refractivity contribution in [3.05, 3.63) is 121 Å². The zero-order chi connectivity index (χ0) is 21.5. The molecule has 0 unspecified atom stereocenters. The summed E-state index contributed by atoms with van der Waals surface area (Å²) in [5.74, 6) is 0. The fourth-order valence-corrected chi connectivity index (χ4v) is 37.4. The van der Waals surface area contributed by atoms with Crippen molar-refractivity contribution in [1.82, 2.24) is 9.13 Å². The van der Waals surface area contributed by atoms with E-state index in [0.29, 0.717) is 0 Å². The molecule has 2 heterocycles. The number of aromatic nitrogens is 2. The summed E-state index contributed by atoms with van der Waals surface area (Å²) in [6.07, 6.45) is 8.13. The molecule has 0 atom stereocenters. The molecule has 0 radical (unpaired) electrons. The second-order valence-electron chi connectivity index (χ2n) is 7.15. The second kappa shape index (κ2) is 11.0. The van der Waals surface area contributed by atoms with Gasteiger partial charge in [-0.2, -0.15) is 0 Å². The number of hydrogen-bond donors (Lipinski definition) is 0. The monoisotopic (exact) mass is 586 g/mol. The Morgan fingerprint density at radius 1 is 0.581 bits per heavy atom. The zero-order valence-corrected chi connectivity index (χ0v) is 23.0. The van der Waals surface area contributed by atoms with E-state index in [-0.39, 0.29) is 0 Å². The molecule has 0 spiro atoms. The Bertz CT molecular complexity index is 1020. The Morgan fingerprint density at radius 2 is 0.935 bits per heavy atom. The normalized spacial score (nSPS) is 11.4. The van der Waals surface area contributed by atoms with Crippen LogP contribution in [0, 0.1) is 0 Å². The summed E-state index contributed by atoms with van der Waals surface area (Å²) in [6.45, 7) is 0. The van der Waals surface area contributed by atoms with Crippen molar-refractivity contribution in [3.8, 4) is 0 Å². The molecule has 4 rings (SSSR count). The van der Waals surface area contributed by atoms with Gasteiger partial charge in [-0.3, -0.25) is 0 Å². The van der Waals surface area contributed by atoms with E-state index < -0.39 is 15.6 Å². The van der Waals surface area contributed by atoms with Crippen molar-refractivity contribution in [1.29, 1.82) is 0 Å². The van der Waals surface area contributed by atoms with E-state index in [1.807, 2.05) is 66.9 Å². The molecule has 0 aliphatic rings. The summed E-state index contributed by atoms with van der Waals surface area (Å²) in [7, 11) is 3.86. The predicted molar refractivity (Wildman–Crippen MR) is 146 cm³/mol. The van der Waals surface area contributed by atoms with E-state index in [1.165, 1.54) is 11.1 Å². The first kappa shape index (κ1) is 22.9. The summed E-state index contributed by atoms with van der Waals surface area (Å²) in [5.41, 5.74) is 2.72. The Kier molecular flexibility index (Phi) is 8.12. The molecule has 0 saturated carbocycles. The van der Waals surface area contributed by atoms with Gasteiger partial charge < -0.3 is 0 Å². The topological polar surface area (TPSA) is 9.86 Å². The standard InChI is InChI=1S/2C7H7.2C5H5NS2.Sn/c2*1-7-5-3-2-4-6-7;2*7-5(8)6-3-1-2-4-6;/h2*2-6H,1H2;2*1-4H,(H,7,8);/q;;;;+2/p-2. The first-order valence-electron chi connectivity index (χ1n) is 9.94. The maximum atomic E-state index is 5.92. The van der Waals surface area contributed by atoms with Crippen molar-refractivity contribution < 1.29 is 0 Å². The maximum absolute atomic E-state index is 5.92. The molecule has 2 aromatic heterocycles. The van der Waals surface area contributed by atoms with E-state index >= 15 is 0 Å². The Morgan fingerprint density at radius 3 is 1.29 bits per heavy atom. The van der Waals surface area contributed by atoms with Crippen LogP contribution in [0.5, 0.6) is 0 Å². The van der Waals surface area contributed by atoms with Crippen LogP contribution in [0.2, 0.25) is 0 Å². The van der Waals surface area contributed by atoms with E-state index in [2.05, 4.69) is 69.8 Å². The molecule has 7 heteroatoms. The molecule has 2 aromatic carbocycles. The van der Waals surface area contributed by atoms with Crippen LogP contribution in [-0.2, 0) is 8.87 Å². The summed E-state index contributed by atoms with van der Waals surface area (Å²) in [5, 5.41) is 0. The van der Waals surface area contributed by atoms with Gasteiger partial charge in [0, 0.05) is 0 Å². The van der Waals surface area contributed by atoms with Gasteiger partial charge >= 0.3 is 205 Å². The van der Waals surface area contributed by atoms with Crippen LogP contribution >= 0.6 is 42.3 Å². The molecule has 0 amide bonds. The molecule has 0 aliphatic carbocycles. The van der Waals surface area contributed by atoms with Gasteiger partial charge in [0.1, 0.15) is 0 Å². The molecule has 2 nitrogen and oxygen atoms in total. The fourth-order valence-electron chi connectivity index (χ4n) is 3.38. The molecule has 0 aliphatic heterocycles. The fraction of sp³-hybridized carbons (Fsp3) is 0.0833. The third kappa shape index (κ3) is 6.35. The molecule has 0 N–H and O–H groups in total. The number of thiocarbonyl (C=S) groups is 2. The summed E-state index contributed by atoms with van der Waals surface area (Å²) in [4.78, 5) is 0. The number of hydrogen-bond acceptors (Lipinski definition) is 4. The third-order valence-corrected chi connectivity index (χ3v) is 32.1. The zero-order valence-electron chi connectivity index (χ0n) is 16.8. The van der Waals surface area contributed by atoms with Crippen molar-refractivity contribution in [3.63, 3.8) is 0 Å². The quantitative estimate of drug-likeness (QED) is 0.184. The van der Waals surface area contributed by atoms with Crippen LogP contribution in [0.3, 0.4) is 0 Å². The Labute approximate surface area is 203 Å². The van der Waals surface area contributed by atoms with Gasteiger partial charge in [-0.1, -0.05) is 0 Å². The molecule has 31 heavy (non-hydrogen) atoms. The van der Waals surface area contributed by atoms with Crippen LogP contribution in [0.4, 0.5) is 0 Å². The van der Waals surface area contributed by atoms with Gasteiger partial charge in [0.15, 0.2) is 0 Å². The number of benzene rings is 2. The van der Waals surface area contributed by atoms with Gasteiger partial charge in [-0.05, 0) is 0 Å². The van der Waals surface area contributed by atoms with Crippen LogP contribution in [0.1, 0.15) is 11.1 Å². The molecule has 156 valence electrons. The van der Waals surface area contributed by atoms with Crippen molar-refractivity contribution in [2.24, 2.45) is 0 Å². The average molecular weight is 585 g/mol. The van der Waals surface area contributed by atoms with E-state index in [4.69, 9.17) is 24.4 Å². The van der Waals surface area contributed by atoms with E-state index in [1.54, 1.807) is 0 Å². The summed E-state index contributed by atoms with van der Waals surface area (Å²) >= 11 is 8.66. The third-order valence-electron chi connectivity index (χ3n) is 4.81. The molecule has 0 saturated heterocycles. The van der Waals surface area contributed by atoms with Crippen molar-refractivity contribution >= 4 is 66.6 Å². The Balaban J connectivity index is 1.73. The van der Waals surface area contributed by atoms with Gasteiger partial charge in [-0.25, -0.2) is 0 Å². The predicted octanol–water partition coefficient (Wildman–Crippen LogP) is 6.73. The van der Waals surface area contributed by atoms with Crippen molar-refractivity contribution in [2.45, 2.75) is 8.87 Å². The minimum atomic E-state index is -3.18. The molecule has 4 aromatic rings. The minimum absolute atomic E-state index is 0.912. The van der Waals surface area contributed by atoms with Crippen LogP contribution in [-0.4, -0.2) is 33.4 Å². The summed E-state index contributed by atoms with van der Waals surface area (Å²) < 4.78 is 8.03. The SMILES string of the molecule is S=C([S][Sn]([CH2]c1ccccc1)([CH2]c1ccccc1)[S]C(=S)n1cccc1)n1cccc1. The number of rotatable bonds is 6. The average Bonchev–Trinajstić information content (AvgIpc) is 3.49. The van der Waals surface area contributed by atoms with Gasteiger partial charge in [-0.15, -0.1) is 0 Å². The van der Waals surface area contributed by atoms with Crippen LogP contribution in [0.25, 0.3) is 0 Å². The number of nitrogens with zero attached hydrogens (tertiary/aromatic N) is 2. The van der Waals surface area contributed by atoms with Crippen LogP contribution in [0.15, 0.2) is 110 Å². The van der Waals surface area contributed by atoms with Crippen molar-refractivity contribution in [2.75, 3.05) is 0 Å². The molecular weight excluding hydrogens is 563 g/mol. The first-order valence-corrected chi connectivity index (χ1v) is 23.4. The molecule has 0 fully saturated rings. The molecular formula is C24H22N2S4Sn. The Hall–Kier alpha value is -1.32. The second-order valence-corrected chi connectivity index (χ2v) is 32.6. The van der Waals surface area contributed by atoms with Gasteiger partial charge in [0.25, 0.3) is 0 Å². The molecule has 0 bridgehead atoms. The first-order chi connectivity index (χ1) is 15.1. The van der Waals surface area contributed by atoms with E-state index in [0.717, 1.165) is 17.5 Å². The van der Waals surface area contributed by atoms with Gasteiger partial charge in [0.2, 0.25) is 0 Å².